The fourth-order valence-electron chi connectivity index (χ4n) is 3.25. The highest BCUT2D eigenvalue weighted by atomic mass is 16.2. The van der Waals surface area contributed by atoms with Crippen molar-refractivity contribution in [2.24, 2.45) is 5.92 Å². The second-order valence-corrected chi connectivity index (χ2v) is 6.50. The lowest BCUT2D eigenvalue weighted by molar-refractivity contribution is 0.0733. The fraction of sp³-hybridized carbons (Fsp3) is 0.588. The van der Waals surface area contributed by atoms with Gasteiger partial charge in [-0.2, -0.15) is 0 Å². The van der Waals surface area contributed by atoms with Crippen LogP contribution in [0.1, 0.15) is 47.2 Å². The van der Waals surface area contributed by atoms with Gasteiger partial charge in [-0.3, -0.25) is 4.79 Å². The van der Waals surface area contributed by atoms with Crippen LogP contribution in [0.15, 0.2) is 18.2 Å². The second kappa shape index (κ2) is 4.88. The Morgan fingerprint density at radius 1 is 1.25 bits per heavy atom. The van der Waals surface area contributed by atoms with Crippen LogP contribution in [0.25, 0.3) is 0 Å². The molecule has 1 amide bonds. The summed E-state index contributed by atoms with van der Waals surface area (Å²) in [5.74, 6) is 1.07. The van der Waals surface area contributed by atoms with Gasteiger partial charge in [0.15, 0.2) is 0 Å². The molecule has 0 atom stereocenters. The standard InChI is InChI=1S/C17H22N2O/c20-17(19(14-6-7-14)11-12-4-5-12)16-3-1-2-13-10-18-9-8-15(13)16/h1-3,12,14,18H,4-11H2. The van der Waals surface area contributed by atoms with Crippen molar-refractivity contribution >= 4 is 5.91 Å². The third kappa shape index (κ3) is 2.35. The van der Waals surface area contributed by atoms with Crippen molar-refractivity contribution in [3.05, 3.63) is 34.9 Å². The number of nitrogens with zero attached hydrogens (tertiary/aromatic N) is 1. The highest BCUT2D eigenvalue weighted by Gasteiger charge is 2.37. The van der Waals surface area contributed by atoms with Crippen molar-refractivity contribution in [1.29, 1.82) is 0 Å². The molecule has 1 aromatic carbocycles. The molecule has 0 unspecified atom stereocenters. The SMILES string of the molecule is O=C(c1cccc2c1CCNC2)N(CC1CC1)C1CC1. The summed E-state index contributed by atoms with van der Waals surface area (Å²) in [6, 6.07) is 6.76. The summed E-state index contributed by atoms with van der Waals surface area (Å²) in [6.45, 7) is 2.89. The Kier molecular flexibility index (Phi) is 3.03. The average Bonchev–Trinajstić information content (AvgIpc) is 3.37. The Balaban J connectivity index is 1.63. The first-order valence-electron chi connectivity index (χ1n) is 7.95. The number of carbonyl (C=O) groups excluding carboxylic acids is 1. The molecule has 1 N–H and O–H groups in total. The Bertz CT molecular complexity index is 532. The Labute approximate surface area is 120 Å². The van der Waals surface area contributed by atoms with E-state index in [9.17, 15) is 4.79 Å². The molecule has 3 nitrogen and oxygen atoms in total. The molecule has 0 aromatic heterocycles. The summed E-state index contributed by atoms with van der Waals surface area (Å²) in [5, 5.41) is 3.39. The number of hydrogen-bond donors (Lipinski definition) is 1. The van der Waals surface area contributed by atoms with Gasteiger partial charge in [0.2, 0.25) is 0 Å². The fourth-order valence-corrected chi connectivity index (χ4v) is 3.25. The molecule has 4 rings (SSSR count). The summed E-state index contributed by atoms with van der Waals surface area (Å²) in [7, 11) is 0. The zero-order chi connectivity index (χ0) is 13.5. The zero-order valence-electron chi connectivity index (χ0n) is 11.9. The summed E-state index contributed by atoms with van der Waals surface area (Å²) in [4.78, 5) is 15.1. The monoisotopic (exact) mass is 270 g/mol. The van der Waals surface area contributed by atoms with Crippen LogP contribution in [0.4, 0.5) is 0 Å². The van der Waals surface area contributed by atoms with Crippen molar-refractivity contribution < 1.29 is 4.79 Å². The van der Waals surface area contributed by atoms with Crippen molar-refractivity contribution in [3.63, 3.8) is 0 Å². The molecule has 1 aromatic rings. The van der Waals surface area contributed by atoms with Crippen LogP contribution in [-0.2, 0) is 13.0 Å². The predicted molar refractivity (Wildman–Crippen MR) is 78.6 cm³/mol. The molecule has 2 aliphatic carbocycles. The number of nitrogens with one attached hydrogen (secondary N) is 1. The predicted octanol–water partition coefficient (Wildman–Crippen LogP) is 2.35. The van der Waals surface area contributed by atoms with Gasteiger partial charge in [-0.1, -0.05) is 12.1 Å². The van der Waals surface area contributed by atoms with Gasteiger partial charge in [-0.15, -0.1) is 0 Å². The average molecular weight is 270 g/mol. The van der Waals surface area contributed by atoms with E-state index in [-0.39, 0.29) is 5.91 Å². The van der Waals surface area contributed by atoms with E-state index in [1.54, 1.807) is 0 Å². The second-order valence-electron chi connectivity index (χ2n) is 6.50. The van der Waals surface area contributed by atoms with Crippen LogP contribution in [0.5, 0.6) is 0 Å². The first-order valence-corrected chi connectivity index (χ1v) is 7.95. The van der Waals surface area contributed by atoms with E-state index in [0.29, 0.717) is 6.04 Å². The van der Waals surface area contributed by atoms with Gasteiger partial charge < -0.3 is 10.2 Å². The molecule has 2 saturated carbocycles. The minimum absolute atomic E-state index is 0.290. The molecule has 3 heteroatoms. The molecular formula is C17H22N2O. The van der Waals surface area contributed by atoms with Gasteiger partial charge in [0.1, 0.15) is 0 Å². The zero-order valence-corrected chi connectivity index (χ0v) is 11.9. The van der Waals surface area contributed by atoms with Gasteiger partial charge in [-0.25, -0.2) is 0 Å². The van der Waals surface area contributed by atoms with E-state index in [1.807, 2.05) is 12.1 Å². The first-order chi connectivity index (χ1) is 9.83. The van der Waals surface area contributed by atoms with E-state index in [1.165, 1.54) is 36.8 Å². The molecule has 0 saturated heterocycles. The van der Waals surface area contributed by atoms with Crippen LogP contribution in [0.3, 0.4) is 0 Å². The molecule has 20 heavy (non-hydrogen) atoms. The number of fused-ring (bicyclic) bond motifs is 1. The molecule has 0 bridgehead atoms. The Morgan fingerprint density at radius 2 is 2.10 bits per heavy atom. The van der Waals surface area contributed by atoms with Crippen molar-refractivity contribution in [2.45, 2.75) is 44.7 Å². The third-order valence-electron chi connectivity index (χ3n) is 4.77. The summed E-state index contributed by atoms with van der Waals surface area (Å²) in [5.41, 5.74) is 3.57. The molecule has 106 valence electrons. The van der Waals surface area contributed by atoms with Crippen LogP contribution >= 0.6 is 0 Å². The molecule has 2 fully saturated rings. The normalized spacial score (nSPS) is 21.4. The highest BCUT2D eigenvalue weighted by molar-refractivity contribution is 5.96. The highest BCUT2D eigenvalue weighted by Crippen LogP contribution is 2.36. The number of carbonyl (C=O) groups is 1. The van der Waals surface area contributed by atoms with Crippen LogP contribution in [0, 0.1) is 5.92 Å². The van der Waals surface area contributed by atoms with E-state index in [0.717, 1.165) is 37.5 Å². The lowest BCUT2D eigenvalue weighted by Crippen LogP contribution is -2.36. The molecular weight excluding hydrogens is 248 g/mol. The Hall–Kier alpha value is -1.35. The third-order valence-corrected chi connectivity index (χ3v) is 4.77. The quantitative estimate of drug-likeness (QED) is 0.911. The molecule has 0 spiro atoms. The minimum atomic E-state index is 0.290. The van der Waals surface area contributed by atoms with Crippen LogP contribution in [0.2, 0.25) is 0 Å². The smallest absolute Gasteiger partial charge is 0.254 e. The lowest BCUT2D eigenvalue weighted by atomic mass is 9.94. The molecule has 1 heterocycles. The topological polar surface area (TPSA) is 32.3 Å². The van der Waals surface area contributed by atoms with Crippen LogP contribution in [-0.4, -0.2) is 29.9 Å². The van der Waals surface area contributed by atoms with E-state index in [2.05, 4.69) is 16.3 Å². The number of rotatable bonds is 4. The van der Waals surface area contributed by atoms with Crippen molar-refractivity contribution in [3.8, 4) is 0 Å². The van der Waals surface area contributed by atoms with E-state index < -0.39 is 0 Å². The first kappa shape index (κ1) is 12.4. The van der Waals surface area contributed by atoms with E-state index >= 15 is 0 Å². The summed E-state index contributed by atoms with van der Waals surface area (Å²) < 4.78 is 0. The number of amides is 1. The largest absolute Gasteiger partial charge is 0.335 e. The van der Waals surface area contributed by atoms with Crippen molar-refractivity contribution in [2.75, 3.05) is 13.1 Å². The van der Waals surface area contributed by atoms with Gasteiger partial charge in [-0.05, 0) is 61.8 Å². The van der Waals surface area contributed by atoms with Gasteiger partial charge in [0.25, 0.3) is 5.91 Å². The summed E-state index contributed by atoms with van der Waals surface area (Å²) >= 11 is 0. The summed E-state index contributed by atoms with van der Waals surface area (Å²) in [6.07, 6.45) is 6.02. The van der Waals surface area contributed by atoms with Gasteiger partial charge in [0, 0.05) is 24.7 Å². The van der Waals surface area contributed by atoms with Crippen LogP contribution < -0.4 is 5.32 Å². The maximum Gasteiger partial charge on any atom is 0.254 e. The lowest BCUT2D eigenvalue weighted by Gasteiger charge is -2.26. The Morgan fingerprint density at radius 3 is 2.85 bits per heavy atom. The van der Waals surface area contributed by atoms with Gasteiger partial charge >= 0.3 is 0 Å². The van der Waals surface area contributed by atoms with Gasteiger partial charge in [0.05, 0.1) is 0 Å². The maximum atomic E-state index is 13.0. The minimum Gasteiger partial charge on any atom is -0.335 e. The molecule has 1 aliphatic heterocycles. The maximum absolute atomic E-state index is 13.0. The van der Waals surface area contributed by atoms with Crippen molar-refractivity contribution in [1.82, 2.24) is 10.2 Å². The molecule has 3 aliphatic rings. The van der Waals surface area contributed by atoms with E-state index in [4.69, 9.17) is 0 Å². The molecule has 0 radical (unpaired) electrons. The number of benzene rings is 1. The number of hydrogen-bond acceptors (Lipinski definition) is 2.